The third kappa shape index (κ3) is 0.531. The SMILES string of the molecule is N[C@H]1CSCC12CC2. The summed E-state index contributed by atoms with van der Waals surface area (Å²) in [7, 11) is 0. The topological polar surface area (TPSA) is 26.0 Å². The van der Waals surface area contributed by atoms with Crippen LogP contribution in [-0.2, 0) is 0 Å². The maximum atomic E-state index is 5.85. The van der Waals surface area contributed by atoms with Gasteiger partial charge in [-0.2, -0.15) is 11.8 Å². The molecule has 1 aliphatic carbocycles. The zero-order valence-corrected chi connectivity index (χ0v) is 5.71. The minimum absolute atomic E-state index is 0.535. The Kier molecular flexibility index (Phi) is 0.910. The number of thioether (sulfide) groups is 1. The van der Waals surface area contributed by atoms with E-state index in [0.717, 1.165) is 0 Å². The second kappa shape index (κ2) is 1.42. The Bertz CT molecular complexity index is 109. The first kappa shape index (κ1) is 5.12. The molecule has 2 heteroatoms. The van der Waals surface area contributed by atoms with Crippen molar-refractivity contribution >= 4 is 11.8 Å². The molecule has 46 valence electrons. The van der Waals surface area contributed by atoms with E-state index < -0.39 is 0 Å². The van der Waals surface area contributed by atoms with Gasteiger partial charge >= 0.3 is 0 Å². The van der Waals surface area contributed by atoms with Gasteiger partial charge in [-0.3, -0.25) is 0 Å². The van der Waals surface area contributed by atoms with E-state index in [2.05, 4.69) is 0 Å². The van der Waals surface area contributed by atoms with Crippen LogP contribution >= 0.6 is 11.8 Å². The predicted molar refractivity (Wildman–Crippen MR) is 37.0 cm³/mol. The number of hydrogen-bond acceptors (Lipinski definition) is 2. The maximum Gasteiger partial charge on any atom is 0.0195 e. The molecule has 1 aliphatic heterocycles. The average Bonchev–Trinajstić information content (AvgIpc) is 2.39. The van der Waals surface area contributed by atoms with Crippen LogP contribution in [0.5, 0.6) is 0 Å². The summed E-state index contributed by atoms with van der Waals surface area (Å²) >= 11 is 2.03. The van der Waals surface area contributed by atoms with Crippen LogP contribution in [-0.4, -0.2) is 17.5 Å². The summed E-state index contributed by atoms with van der Waals surface area (Å²) < 4.78 is 0. The van der Waals surface area contributed by atoms with Gasteiger partial charge in [0.2, 0.25) is 0 Å². The van der Waals surface area contributed by atoms with E-state index in [1.165, 1.54) is 24.3 Å². The molecule has 0 unspecified atom stereocenters. The van der Waals surface area contributed by atoms with Crippen LogP contribution in [0.25, 0.3) is 0 Å². The smallest absolute Gasteiger partial charge is 0.0195 e. The van der Waals surface area contributed by atoms with Crippen LogP contribution in [0.2, 0.25) is 0 Å². The number of nitrogens with two attached hydrogens (primary N) is 1. The summed E-state index contributed by atoms with van der Waals surface area (Å²) in [4.78, 5) is 0. The zero-order valence-electron chi connectivity index (χ0n) is 4.89. The van der Waals surface area contributed by atoms with Crippen LogP contribution in [0.3, 0.4) is 0 Å². The van der Waals surface area contributed by atoms with Crippen molar-refractivity contribution in [1.82, 2.24) is 0 Å². The Labute approximate surface area is 54.0 Å². The fourth-order valence-corrected chi connectivity index (χ4v) is 2.98. The largest absolute Gasteiger partial charge is 0.326 e. The summed E-state index contributed by atoms with van der Waals surface area (Å²) in [6, 6.07) is 0.535. The Balaban J connectivity index is 2.12. The lowest BCUT2D eigenvalue weighted by atomic mass is 10.0. The van der Waals surface area contributed by atoms with Gasteiger partial charge in [0.25, 0.3) is 0 Å². The quantitative estimate of drug-likeness (QED) is 0.524. The van der Waals surface area contributed by atoms with Crippen LogP contribution in [0.1, 0.15) is 12.8 Å². The minimum Gasteiger partial charge on any atom is -0.326 e. The zero-order chi connectivity index (χ0) is 5.61. The minimum atomic E-state index is 0.535. The van der Waals surface area contributed by atoms with E-state index in [0.29, 0.717) is 11.5 Å². The fraction of sp³-hybridized carbons (Fsp3) is 1.00. The summed E-state index contributed by atoms with van der Waals surface area (Å²) in [6.07, 6.45) is 2.81. The summed E-state index contributed by atoms with van der Waals surface area (Å²) in [5.41, 5.74) is 6.50. The molecule has 1 spiro atoms. The monoisotopic (exact) mass is 129 g/mol. The lowest BCUT2D eigenvalue weighted by Gasteiger charge is -2.09. The third-order valence-corrected chi connectivity index (χ3v) is 3.74. The molecule has 0 aromatic rings. The van der Waals surface area contributed by atoms with Gasteiger partial charge in [-0.25, -0.2) is 0 Å². The molecule has 2 aliphatic rings. The van der Waals surface area contributed by atoms with Crippen molar-refractivity contribution in [2.75, 3.05) is 11.5 Å². The first-order valence-electron chi connectivity index (χ1n) is 3.17. The van der Waals surface area contributed by atoms with E-state index in [9.17, 15) is 0 Å². The predicted octanol–water partition coefficient (Wildman–Crippen LogP) is 0.841. The molecule has 2 N–H and O–H groups in total. The highest BCUT2D eigenvalue weighted by molar-refractivity contribution is 7.99. The second-order valence-electron chi connectivity index (χ2n) is 2.98. The van der Waals surface area contributed by atoms with Crippen molar-refractivity contribution < 1.29 is 0 Å². The molecule has 0 amide bonds. The highest BCUT2D eigenvalue weighted by Gasteiger charge is 2.50. The van der Waals surface area contributed by atoms with E-state index in [1.807, 2.05) is 11.8 Å². The molecule has 2 fully saturated rings. The molecule has 1 heterocycles. The van der Waals surface area contributed by atoms with Gasteiger partial charge in [0, 0.05) is 17.5 Å². The molecule has 1 nitrogen and oxygen atoms in total. The molecular formula is C6H11NS. The van der Waals surface area contributed by atoms with Gasteiger partial charge in [0.15, 0.2) is 0 Å². The second-order valence-corrected chi connectivity index (χ2v) is 4.01. The van der Waals surface area contributed by atoms with Crippen molar-refractivity contribution in [2.24, 2.45) is 11.1 Å². The molecule has 0 radical (unpaired) electrons. The van der Waals surface area contributed by atoms with Crippen molar-refractivity contribution in [3.63, 3.8) is 0 Å². The molecule has 0 bridgehead atoms. The van der Waals surface area contributed by atoms with Gasteiger partial charge in [0.05, 0.1) is 0 Å². The third-order valence-electron chi connectivity index (χ3n) is 2.37. The molecule has 2 rings (SSSR count). The highest BCUT2D eigenvalue weighted by Crippen LogP contribution is 2.54. The summed E-state index contributed by atoms with van der Waals surface area (Å²) in [5, 5.41) is 0. The summed E-state index contributed by atoms with van der Waals surface area (Å²) in [6.45, 7) is 0. The van der Waals surface area contributed by atoms with Gasteiger partial charge in [0.1, 0.15) is 0 Å². The van der Waals surface area contributed by atoms with Gasteiger partial charge in [-0.15, -0.1) is 0 Å². The molecule has 8 heavy (non-hydrogen) atoms. The number of rotatable bonds is 0. The lowest BCUT2D eigenvalue weighted by Crippen LogP contribution is -2.29. The van der Waals surface area contributed by atoms with E-state index in [1.54, 1.807) is 0 Å². The Hall–Kier alpha value is 0.310. The van der Waals surface area contributed by atoms with Crippen molar-refractivity contribution in [3.05, 3.63) is 0 Å². The van der Waals surface area contributed by atoms with Crippen LogP contribution < -0.4 is 5.73 Å². The van der Waals surface area contributed by atoms with E-state index >= 15 is 0 Å². The van der Waals surface area contributed by atoms with Gasteiger partial charge in [-0.1, -0.05) is 0 Å². The maximum absolute atomic E-state index is 5.85. The van der Waals surface area contributed by atoms with E-state index in [4.69, 9.17) is 5.73 Å². The Morgan fingerprint density at radius 1 is 1.50 bits per heavy atom. The van der Waals surface area contributed by atoms with Crippen molar-refractivity contribution in [2.45, 2.75) is 18.9 Å². The highest BCUT2D eigenvalue weighted by atomic mass is 32.2. The normalized spacial score (nSPS) is 40.9. The molecule has 1 saturated carbocycles. The first-order chi connectivity index (χ1) is 3.83. The summed E-state index contributed by atoms with van der Waals surface area (Å²) in [5.74, 6) is 2.55. The van der Waals surface area contributed by atoms with Gasteiger partial charge < -0.3 is 5.73 Å². The Morgan fingerprint density at radius 2 is 2.25 bits per heavy atom. The van der Waals surface area contributed by atoms with Crippen molar-refractivity contribution in [1.29, 1.82) is 0 Å². The molecular weight excluding hydrogens is 118 g/mol. The van der Waals surface area contributed by atoms with Crippen LogP contribution in [0, 0.1) is 5.41 Å². The lowest BCUT2D eigenvalue weighted by molar-refractivity contribution is 0.502. The standard InChI is InChI=1S/C6H11NS/c7-5-3-8-4-6(5)1-2-6/h5H,1-4,7H2/t5-/m0/s1. The van der Waals surface area contributed by atoms with E-state index in [-0.39, 0.29) is 0 Å². The van der Waals surface area contributed by atoms with Crippen LogP contribution in [0.4, 0.5) is 0 Å². The molecule has 1 atom stereocenters. The average molecular weight is 129 g/mol. The van der Waals surface area contributed by atoms with Gasteiger partial charge in [-0.05, 0) is 18.3 Å². The molecule has 0 aromatic heterocycles. The number of hydrogen-bond donors (Lipinski definition) is 1. The van der Waals surface area contributed by atoms with Crippen LogP contribution in [0.15, 0.2) is 0 Å². The molecule has 1 saturated heterocycles. The fourth-order valence-electron chi connectivity index (χ4n) is 1.35. The van der Waals surface area contributed by atoms with Crippen molar-refractivity contribution in [3.8, 4) is 0 Å². The first-order valence-corrected chi connectivity index (χ1v) is 4.32. The molecule has 0 aromatic carbocycles. The Morgan fingerprint density at radius 3 is 2.50 bits per heavy atom.